The zero-order chi connectivity index (χ0) is 19.0. The summed E-state index contributed by atoms with van der Waals surface area (Å²) in [7, 11) is 0. The van der Waals surface area contributed by atoms with Crippen molar-refractivity contribution in [3.63, 3.8) is 0 Å². The standard InChI is InChI=1S/C20H27N5O2/c1-20(2,3)12-17(26)25-10-8-24(9-11-25)16-7-6-15(13-21-16)18-22-19(27-23-18)14-4-5-14/h6-7,13-14H,4-5,8-12H2,1-3H3. The summed E-state index contributed by atoms with van der Waals surface area (Å²) < 4.78 is 5.32. The second-order valence-corrected chi connectivity index (χ2v) is 8.74. The molecule has 1 saturated carbocycles. The van der Waals surface area contributed by atoms with Crippen LogP contribution in [0.4, 0.5) is 5.82 Å². The van der Waals surface area contributed by atoms with Crippen LogP contribution in [0.15, 0.2) is 22.9 Å². The summed E-state index contributed by atoms with van der Waals surface area (Å²) in [5.41, 5.74) is 0.897. The Morgan fingerprint density at radius 3 is 2.52 bits per heavy atom. The summed E-state index contributed by atoms with van der Waals surface area (Å²) in [5.74, 6) is 2.97. The average molecular weight is 369 g/mol. The Morgan fingerprint density at radius 2 is 1.93 bits per heavy atom. The summed E-state index contributed by atoms with van der Waals surface area (Å²) in [6, 6.07) is 3.98. The zero-order valence-electron chi connectivity index (χ0n) is 16.3. The van der Waals surface area contributed by atoms with Gasteiger partial charge >= 0.3 is 0 Å². The average Bonchev–Trinajstić information content (AvgIpc) is 3.38. The van der Waals surface area contributed by atoms with Gasteiger partial charge in [0.25, 0.3) is 0 Å². The van der Waals surface area contributed by atoms with E-state index in [4.69, 9.17) is 4.52 Å². The second-order valence-electron chi connectivity index (χ2n) is 8.74. The molecule has 0 atom stereocenters. The van der Waals surface area contributed by atoms with Gasteiger partial charge in [0.15, 0.2) is 0 Å². The van der Waals surface area contributed by atoms with E-state index < -0.39 is 0 Å². The molecular weight excluding hydrogens is 342 g/mol. The highest BCUT2D eigenvalue weighted by atomic mass is 16.5. The molecule has 0 radical (unpaired) electrons. The summed E-state index contributed by atoms with van der Waals surface area (Å²) in [4.78, 5) is 25.6. The van der Waals surface area contributed by atoms with E-state index in [1.165, 1.54) is 0 Å². The van der Waals surface area contributed by atoms with Crippen molar-refractivity contribution in [2.45, 2.75) is 46.0 Å². The van der Waals surface area contributed by atoms with E-state index in [-0.39, 0.29) is 11.3 Å². The molecule has 1 aliphatic carbocycles. The number of aromatic nitrogens is 3. The van der Waals surface area contributed by atoms with Crippen LogP contribution in [0.3, 0.4) is 0 Å². The van der Waals surface area contributed by atoms with Crippen molar-refractivity contribution in [1.82, 2.24) is 20.0 Å². The molecular formula is C20H27N5O2. The Bertz CT molecular complexity index is 797. The Balaban J connectivity index is 1.35. The van der Waals surface area contributed by atoms with E-state index in [1.807, 2.05) is 17.0 Å². The number of nitrogens with zero attached hydrogens (tertiary/aromatic N) is 5. The van der Waals surface area contributed by atoms with E-state index in [0.29, 0.717) is 18.2 Å². The smallest absolute Gasteiger partial charge is 0.230 e. The van der Waals surface area contributed by atoms with Crippen molar-refractivity contribution < 1.29 is 9.32 Å². The molecule has 2 fully saturated rings. The van der Waals surface area contributed by atoms with Gasteiger partial charge in [-0.2, -0.15) is 4.98 Å². The van der Waals surface area contributed by atoms with Crippen molar-refractivity contribution in [2.24, 2.45) is 5.41 Å². The molecule has 1 amide bonds. The largest absolute Gasteiger partial charge is 0.353 e. The maximum Gasteiger partial charge on any atom is 0.230 e. The summed E-state index contributed by atoms with van der Waals surface area (Å²) in [5, 5.41) is 4.06. The van der Waals surface area contributed by atoms with Crippen LogP contribution >= 0.6 is 0 Å². The lowest BCUT2D eigenvalue weighted by atomic mass is 9.91. The van der Waals surface area contributed by atoms with Crippen LogP contribution in [0.5, 0.6) is 0 Å². The molecule has 0 spiro atoms. The topological polar surface area (TPSA) is 75.4 Å². The van der Waals surface area contributed by atoms with Gasteiger partial charge in [-0.05, 0) is 30.4 Å². The van der Waals surface area contributed by atoms with Gasteiger partial charge in [0.05, 0.1) is 0 Å². The molecule has 7 heteroatoms. The summed E-state index contributed by atoms with van der Waals surface area (Å²) in [6.45, 7) is 9.40. The van der Waals surface area contributed by atoms with Gasteiger partial charge in [0.1, 0.15) is 5.82 Å². The molecule has 27 heavy (non-hydrogen) atoms. The number of carbonyl (C=O) groups excluding carboxylic acids is 1. The maximum atomic E-state index is 12.4. The Kier molecular flexibility index (Phi) is 4.61. The third-order valence-corrected chi connectivity index (χ3v) is 5.01. The van der Waals surface area contributed by atoms with Gasteiger partial charge in [-0.15, -0.1) is 0 Å². The number of amides is 1. The van der Waals surface area contributed by atoms with Crippen molar-refractivity contribution >= 4 is 11.7 Å². The first-order valence-electron chi connectivity index (χ1n) is 9.72. The molecule has 3 heterocycles. The predicted molar refractivity (Wildman–Crippen MR) is 102 cm³/mol. The Morgan fingerprint density at radius 1 is 1.19 bits per heavy atom. The first-order chi connectivity index (χ1) is 12.9. The molecule has 1 aliphatic heterocycles. The number of rotatable bonds is 4. The highest BCUT2D eigenvalue weighted by Crippen LogP contribution is 2.39. The predicted octanol–water partition coefficient (Wildman–Crippen LogP) is 3.09. The number of carbonyl (C=O) groups is 1. The van der Waals surface area contributed by atoms with E-state index in [0.717, 1.165) is 56.3 Å². The zero-order valence-corrected chi connectivity index (χ0v) is 16.3. The first-order valence-corrected chi connectivity index (χ1v) is 9.72. The molecule has 0 aromatic carbocycles. The van der Waals surface area contributed by atoms with Gasteiger partial charge < -0.3 is 14.3 Å². The number of pyridine rings is 1. The van der Waals surface area contributed by atoms with Gasteiger partial charge in [0.2, 0.25) is 17.6 Å². The van der Waals surface area contributed by atoms with E-state index in [9.17, 15) is 4.79 Å². The lowest BCUT2D eigenvalue weighted by molar-refractivity contribution is -0.133. The Hall–Kier alpha value is -2.44. The minimum absolute atomic E-state index is 0.0279. The highest BCUT2D eigenvalue weighted by molar-refractivity contribution is 5.77. The fraction of sp³-hybridized carbons (Fsp3) is 0.600. The van der Waals surface area contributed by atoms with Gasteiger partial charge in [-0.3, -0.25) is 4.79 Å². The van der Waals surface area contributed by atoms with Gasteiger partial charge in [-0.25, -0.2) is 4.98 Å². The number of hydrogen-bond acceptors (Lipinski definition) is 6. The summed E-state index contributed by atoms with van der Waals surface area (Å²) in [6.07, 6.45) is 4.67. The van der Waals surface area contributed by atoms with Crippen LogP contribution in [0.25, 0.3) is 11.4 Å². The van der Waals surface area contributed by atoms with Gasteiger partial charge in [0, 0.05) is 50.3 Å². The van der Waals surface area contributed by atoms with Crippen molar-refractivity contribution in [3.05, 3.63) is 24.2 Å². The fourth-order valence-corrected chi connectivity index (χ4v) is 3.30. The highest BCUT2D eigenvalue weighted by Gasteiger charge is 2.30. The van der Waals surface area contributed by atoms with Crippen LogP contribution in [0, 0.1) is 5.41 Å². The third-order valence-electron chi connectivity index (χ3n) is 5.01. The van der Waals surface area contributed by atoms with Crippen molar-refractivity contribution in [3.8, 4) is 11.4 Å². The number of piperazine rings is 1. The second kappa shape index (κ2) is 6.94. The first kappa shape index (κ1) is 17.9. The SMILES string of the molecule is CC(C)(C)CC(=O)N1CCN(c2ccc(-c3noc(C4CC4)n3)cn2)CC1. The monoisotopic (exact) mass is 369 g/mol. The molecule has 2 aromatic heterocycles. The van der Waals surface area contributed by atoms with E-state index in [1.54, 1.807) is 6.20 Å². The maximum absolute atomic E-state index is 12.4. The molecule has 1 saturated heterocycles. The fourth-order valence-electron chi connectivity index (χ4n) is 3.30. The Labute approximate surface area is 159 Å². The lowest BCUT2D eigenvalue weighted by Gasteiger charge is -2.36. The lowest BCUT2D eigenvalue weighted by Crippen LogP contribution is -2.49. The van der Waals surface area contributed by atoms with Crippen LogP contribution < -0.4 is 4.90 Å². The third kappa shape index (κ3) is 4.28. The number of anilines is 1. The molecule has 144 valence electrons. The summed E-state index contributed by atoms with van der Waals surface area (Å²) >= 11 is 0. The minimum atomic E-state index is 0.0279. The minimum Gasteiger partial charge on any atom is -0.353 e. The van der Waals surface area contributed by atoms with Crippen LogP contribution in [0.2, 0.25) is 0 Å². The molecule has 0 unspecified atom stereocenters. The quantitative estimate of drug-likeness (QED) is 0.824. The van der Waals surface area contributed by atoms with Gasteiger partial charge in [-0.1, -0.05) is 25.9 Å². The molecule has 0 N–H and O–H groups in total. The van der Waals surface area contributed by atoms with Crippen LogP contribution in [0.1, 0.15) is 51.8 Å². The molecule has 2 aromatic rings. The molecule has 2 aliphatic rings. The molecule has 0 bridgehead atoms. The van der Waals surface area contributed by atoms with Crippen LogP contribution in [-0.4, -0.2) is 52.1 Å². The van der Waals surface area contributed by atoms with Crippen molar-refractivity contribution in [2.75, 3.05) is 31.1 Å². The molecule has 4 rings (SSSR count). The van der Waals surface area contributed by atoms with Crippen molar-refractivity contribution in [1.29, 1.82) is 0 Å². The van der Waals surface area contributed by atoms with Crippen LogP contribution in [-0.2, 0) is 4.79 Å². The van der Waals surface area contributed by atoms with E-state index in [2.05, 4.69) is 40.8 Å². The normalized spacial score (nSPS) is 18.0. The molecule has 7 nitrogen and oxygen atoms in total. The van der Waals surface area contributed by atoms with E-state index >= 15 is 0 Å². The number of hydrogen-bond donors (Lipinski definition) is 0.